The Kier molecular flexibility index (Phi) is 6.27. The highest BCUT2D eigenvalue weighted by Gasteiger charge is 2.50. The minimum atomic E-state index is -1.13. The van der Waals surface area contributed by atoms with Crippen LogP contribution in [0.3, 0.4) is 0 Å². The largest absolute Gasteiger partial charge is 0.463 e. The van der Waals surface area contributed by atoms with Crippen molar-refractivity contribution in [2.45, 2.75) is 45.3 Å². The van der Waals surface area contributed by atoms with Crippen LogP contribution in [0.25, 0.3) is 0 Å². The zero-order chi connectivity index (χ0) is 19.4. The molecule has 1 aliphatic rings. The number of ether oxygens (including phenoxy) is 4. The maximum absolute atomic E-state index is 12.2. The van der Waals surface area contributed by atoms with E-state index in [1.54, 1.807) is 0 Å². The summed E-state index contributed by atoms with van der Waals surface area (Å²) in [6, 6.07) is 1.45. The number of rotatable bonds is 5. The molecule has 1 aromatic heterocycles. The lowest BCUT2D eigenvalue weighted by atomic mass is 10.1. The predicted molar refractivity (Wildman–Crippen MR) is 87.5 cm³/mol. The molecule has 2 heterocycles. The van der Waals surface area contributed by atoms with Crippen LogP contribution in [-0.2, 0) is 33.3 Å². The molecule has 0 amide bonds. The first kappa shape index (κ1) is 19.8. The van der Waals surface area contributed by atoms with Crippen LogP contribution < -0.4 is 5.69 Å². The molecule has 0 bridgehead atoms. The van der Waals surface area contributed by atoms with Crippen molar-refractivity contribution >= 4 is 30.1 Å². The number of aromatic amines is 1. The quantitative estimate of drug-likeness (QED) is 0.430. The van der Waals surface area contributed by atoms with E-state index >= 15 is 0 Å². The number of carbonyl (C=O) groups excluding carboxylic acids is 3. The molecule has 0 unspecified atom stereocenters. The molecule has 2 rings (SSSR count). The maximum atomic E-state index is 12.2. The molecule has 0 radical (unpaired) electrons. The average Bonchev–Trinajstić information content (AvgIpc) is 2.82. The molecule has 0 spiro atoms. The molecule has 1 N–H and O–H groups in total. The Morgan fingerprint density at radius 3 is 2.31 bits per heavy atom. The number of nitrogens with zero attached hydrogens (tertiary/aromatic N) is 1. The van der Waals surface area contributed by atoms with Gasteiger partial charge in [-0.05, 0) is 6.07 Å². The number of hydrogen-bond acceptors (Lipinski definition) is 9. The number of esters is 3. The summed E-state index contributed by atoms with van der Waals surface area (Å²) < 4.78 is 22.4. The van der Waals surface area contributed by atoms with Gasteiger partial charge in [0.05, 0.1) is 0 Å². The minimum Gasteiger partial charge on any atom is -0.463 e. The van der Waals surface area contributed by atoms with E-state index in [-0.39, 0.29) is 11.2 Å². The number of hydrogen-bond donors (Lipinski definition) is 1. The van der Waals surface area contributed by atoms with Gasteiger partial charge in [0, 0.05) is 27.0 Å². The van der Waals surface area contributed by atoms with Crippen LogP contribution in [0.4, 0.5) is 0 Å². The van der Waals surface area contributed by atoms with Gasteiger partial charge in [0.15, 0.2) is 18.4 Å². The summed E-state index contributed by atoms with van der Waals surface area (Å²) in [5.74, 6) is -1.88. The van der Waals surface area contributed by atoms with Crippen molar-refractivity contribution in [1.82, 2.24) is 9.55 Å². The lowest BCUT2D eigenvalue weighted by Gasteiger charge is -2.23. The molecule has 0 saturated carbocycles. The highest BCUT2D eigenvalue weighted by molar-refractivity contribution is 7.71. The first-order valence-corrected chi connectivity index (χ1v) is 8.04. The predicted octanol–water partition coefficient (Wildman–Crippen LogP) is 0.230. The van der Waals surface area contributed by atoms with Crippen molar-refractivity contribution < 1.29 is 33.3 Å². The van der Waals surface area contributed by atoms with Gasteiger partial charge in [-0.25, -0.2) is 4.79 Å². The van der Waals surface area contributed by atoms with Crippen LogP contribution in [0.1, 0.15) is 27.0 Å². The first-order chi connectivity index (χ1) is 12.2. The molecule has 1 fully saturated rings. The summed E-state index contributed by atoms with van der Waals surface area (Å²) in [6.07, 6.45) is -2.88. The molecule has 1 aliphatic heterocycles. The van der Waals surface area contributed by atoms with Gasteiger partial charge in [-0.3, -0.25) is 23.9 Å². The second kappa shape index (κ2) is 8.23. The van der Waals surface area contributed by atoms with E-state index in [1.807, 2.05) is 0 Å². The van der Waals surface area contributed by atoms with E-state index in [9.17, 15) is 19.2 Å². The van der Waals surface area contributed by atoms with Crippen LogP contribution >= 0.6 is 12.2 Å². The molecule has 142 valence electrons. The Labute approximate surface area is 153 Å². The van der Waals surface area contributed by atoms with E-state index in [0.717, 1.165) is 4.57 Å². The van der Waals surface area contributed by atoms with E-state index in [4.69, 9.17) is 31.2 Å². The maximum Gasteiger partial charge on any atom is 0.328 e. The van der Waals surface area contributed by atoms with Crippen LogP contribution in [0.15, 0.2) is 17.1 Å². The Morgan fingerprint density at radius 2 is 1.77 bits per heavy atom. The molecule has 1 saturated heterocycles. The van der Waals surface area contributed by atoms with Gasteiger partial charge in [0.25, 0.3) is 0 Å². The number of nitrogens with one attached hydrogen (secondary N) is 1. The van der Waals surface area contributed by atoms with Crippen LogP contribution in [-0.4, -0.2) is 52.4 Å². The molecule has 4 atom stereocenters. The molecule has 1 aromatic rings. The Bertz CT molecular complexity index is 816. The molecule has 0 aliphatic carbocycles. The smallest absolute Gasteiger partial charge is 0.328 e. The minimum absolute atomic E-state index is 0.210. The third-order valence-electron chi connectivity index (χ3n) is 3.47. The van der Waals surface area contributed by atoms with Gasteiger partial charge in [-0.15, -0.1) is 0 Å². The van der Waals surface area contributed by atoms with Crippen molar-refractivity contribution in [2.75, 3.05) is 6.61 Å². The second-order valence-electron chi connectivity index (χ2n) is 5.53. The van der Waals surface area contributed by atoms with Crippen molar-refractivity contribution in [1.29, 1.82) is 0 Å². The van der Waals surface area contributed by atoms with Gasteiger partial charge in [-0.2, -0.15) is 0 Å². The average molecular weight is 386 g/mol. The van der Waals surface area contributed by atoms with Crippen molar-refractivity contribution in [3.8, 4) is 0 Å². The summed E-state index contributed by atoms with van der Waals surface area (Å²) in [4.78, 5) is 48.7. The second-order valence-corrected chi connectivity index (χ2v) is 5.97. The van der Waals surface area contributed by atoms with Crippen LogP contribution in [0.2, 0.25) is 0 Å². The Hall–Kier alpha value is -2.53. The van der Waals surface area contributed by atoms with E-state index < -0.39 is 48.1 Å². The summed E-state index contributed by atoms with van der Waals surface area (Å²) in [5, 5.41) is 0. The highest BCUT2D eigenvalue weighted by Crippen LogP contribution is 2.33. The SMILES string of the molecule is CC(=O)OC[C@@H]1O[C@H](n2ccc(=S)[nH]c2=O)[C@@H](OC(C)=O)[C@H]1OC(C)=O. The fourth-order valence-electron chi connectivity index (χ4n) is 2.54. The molecule has 11 heteroatoms. The monoisotopic (exact) mass is 386 g/mol. The summed E-state index contributed by atoms with van der Waals surface area (Å²) in [5.41, 5.74) is -0.602. The molecule has 10 nitrogen and oxygen atoms in total. The Morgan fingerprint density at radius 1 is 1.15 bits per heavy atom. The van der Waals surface area contributed by atoms with Gasteiger partial charge in [0.2, 0.25) is 0 Å². The number of carbonyl (C=O) groups is 3. The van der Waals surface area contributed by atoms with Crippen LogP contribution in [0.5, 0.6) is 0 Å². The van der Waals surface area contributed by atoms with Gasteiger partial charge < -0.3 is 18.9 Å². The van der Waals surface area contributed by atoms with E-state index in [0.29, 0.717) is 0 Å². The molecule has 26 heavy (non-hydrogen) atoms. The molecule has 0 aromatic carbocycles. The van der Waals surface area contributed by atoms with E-state index in [1.165, 1.54) is 33.0 Å². The summed E-state index contributed by atoms with van der Waals surface area (Å²) in [7, 11) is 0. The number of aromatic nitrogens is 2. The van der Waals surface area contributed by atoms with Crippen molar-refractivity contribution in [2.24, 2.45) is 0 Å². The van der Waals surface area contributed by atoms with E-state index in [2.05, 4.69) is 4.98 Å². The standard InChI is InChI=1S/C15H18N2O8S/c1-7(18)22-6-10-12(23-8(2)19)13(24-9(3)20)14(25-10)17-5-4-11(26)16-15(17)21/h4-5,10,12-14H,6H2,1-3H3,(H,16,21,26)/t10-,12-,13-,14-/m0/s1. The third kappa shape index (κ3) is 4.76. The van der Waals surface area contributed by atoms with Gasteiger partial charge >= 0.3 is 23.6 Å². The van der Waals surface area contributed by atoms with Crippen molar-refractivity contribution in [3.05, 3.63) is 27.4 Å². The van der Waals surface area contributed by atoms with Crippen LogP contribution in [0, 0.1) is 4.64 Å². The topological polar surface area (TPSA) is 126 Å². The lowest BCUT2D eigenvalue weighted by Crippen LogP contribution is -2.41. The molecular weight excluding hydrogens is 368 g/mol. The summed E-state index contributed by atoms with van der Waals surface area (Å²) >= 11 is 4.89. The zero-order valence-corrected chi connectivity index (χ0v) is 15.1. The normalized spacial score (nSPS) is 24.7. The third-order valence-corrected chi connectivity index (χ3v) is 3.70. The lowest BCUT2D eigenvalue weighted by molar-refractivity contribution is -0.166. The fraction of sp³-hybridized carbons (Fsp3) is 0.533. The number of H-pyrrole nitrogens is 1. The highest BCUT2D eigenvalue weighted by atomic mass is 32.1. The van der Waals surface area contributed by atoms with Gasteiger partial charge in [0.1, 0.15) is 17.4 Å². The molecular formula is C15H18N2O8S. The Balaban J connectivity index is 2.41. The fourth-order valence-corrected chi connectivity index (χ4v) is 2.69. The first-order valence-electron chi connectivity index (χ1n) is 7.63. The van der Waals surface area contributed by atoms with Crippen molar-refractivity contribution in [3.63, 3.8) is 0 Å². The van der Waals surface area contributed by atoms with Gasteiger partial charge in [-0.1, -0.05) is 12.2 Å². The summed E-state index contributed by atoms with van der Waals surface area (Å²) in [6.45, 7) is 3.30. The zero-order valence-electron chi connectivity index (χ0n) is 14.3.